The molecule has 2 aromatic carbocycles. The van der Waals surface area contributed by atoms with Gasteiger partial charge < -0.3 is 25.2 Å². The maximum Gasteiger partial charge on any atom is 0.422 e. The van der Waals surface area contributed by atoms with Crippen LogP contribution < -0.4 is 20.3 Å². The van der Waals surface area contributed by atoms with E-state index in [1.54, 1.807) is 0 Å². The molecule has 8 nitrogen and oxygen atoms in total. The van der Waals surface area contributed by atoms with E-state index in [-0.39, 0.29) is 24.1 Å². The lowest BCUT2D eigenvalue weighted by atomic mass is 10.1. The zero-order valence-corrected chi connectivity index (χ0v) is 21.0. The van der Waals surface area contributed by atoms with Gasteiger partial charge in [0, 0.05) is 44.1 Å². The van der Waals surface area contributed by atoms with E-state index in [0.29, 0.717) is 0 Å². The maximum atomic E-state index is 13.1. The van der Waals surface area contributed by atoms with Gasteiger partial charge in [-0.1, -0.05) is 25.1 Å². The molecular weight excluding hydrogens is 528 g/mol. The van der Waals surface area contributed by atoms with Gasteiger partial charge >= 0.3 is 18.4 Å². The van der Waals surface area contributed by atoms with Crippen LogP contribution in [0.25, 0.3) is 0 Å². The van der Waals surface area contributed by atoms with Gasteiger partial charge in [-0.25, -0.2) is 0 Å². The first-order valence-corrected chi connectivity index (χ1v) is 12.2. The Morgan fingerprint density at radius 2 is 1.59 bits per heavy atom. The van der Waals surface area contributed by atoms with Crippen molar-refractivity contribution in [3.05, 3.63) is 59.7 Å². The van der Waals surface area contributed by atoms with Gasteiger partial charge in [0.05, 0.1) is 5.56 Å². The molecule has 0 unspecified atom stereocenters. The van der Waals surface area contributed by atoms with E-state index in [1.807, 2.05) is 24.3 Å². The Labute approximate surface area is 221 Å². The second-order valence-electron chi connectivity index (χ2n) is 8.82. The summed E-state index contributed by atoms with van der Waals surface area (Å²) >= 11 is 0. The fourth-order valence-electron chi connectivity index (χ4n) is 3.97. The lowest BCUT2D eigenvalue weighted by Crippen LogP contribution is -2.46. The molecule has 1 fully saturated rings. The number of halogens is 6. The standard InChI is InChI=1S/C25H27F6N7O/c1-2-37-9-11-38(12-10-37)20-8-3-5-17(13-20)15-32-21-34-22(36-23(35-21)39-16-24(26,27)28)33-19-7-4-6-18(14-19)25(29,30)31/h3-8,13-14H,2,9-12,15-16H2,1H3,(H2,32,33,34,35,36). The number of nitrogens with one attached hydrogen (secondary N) is 2. The number of benzene rings is 2. The monoisotopic (exact) mass is 555 g/mol. The van der Waals surface area contributed by atoms with Crippen molar-refractivity contribution in [2.24, 2.45) is 0 Å². The van der Waals surface area contributed by atoms with Crippen LogP contribution in [0.4, 0.5) is 49.6 Å². The summed E-state index contributed by atoms with van der Waals surface area (Å²) < 4.78 is 82.0. The van der Waals surface area contributed by atoms with Crippen molar-refractivity contribution in [3.8, 4) is 6.01 Å². The summed E-state index contributed by atoms with van der Waals surface area (Å²) in [6, 6.07) is 11.4. The summed E-state index contributed by atoms with van der Waals surface area (Å²) in [7, 11) is 0. The van der Waals surface area contributed by atoms with Crippen LogP contribution in [-0.2, 0) is 12.7 Å². The number of aromatic nitrogens is 3. The maximum absolute atomic E-state index is 13.1. The Balaban J connectivity index is 1.50. The van der Waals surface area contributed by atoms with E-state index < -0.39 is 30.5 Å². The van der Waals surface area contributed by atoms with Gasteiger partial charge in [-0.05, 0) is 42.4 Å². The minimum absolute atomic E-state index is 0.0142. The van der Waals surface area contributed by atoms with E-state index in [9.17, 15) is 26.3 Å². The van der Waals surface area contributed by atoms with Crippen molar-refractivity contribution in [2.45, 2.75) is 25.8 Å². The lowest BCUT2D eigenvalue weighted by molar-refractivity contribution is -0.154. The number of hydrogen-bond acceptors (Lipinski definition) is 8. The first-order chi connectivity index (χ1) is 18.5. The van der Waals surface area contributed by atoms with E-state index in [4.69, 9.17) is 0 Å². The van der Waals surface area contributed by atoms with E-state index in [1.165, 1.54) is 12.1 Å². The Kier molecular flexibility index (Phi) is 8.63. The zero-order valence-electron chi connectivity index (χ0n) is 21.0. The predicted molar refractivity (Wildman–Crippen MR) is 134 cm³/mol. The normalized spacial score (nSPS) is 14.8. The number of nitrogens with zero attached hydrogens (tertiary/aromatic N) is 5. The quantitative estimate of drug-likeness (QED) is 0.343. The highest BCUT2D eigenvalue weighted by molar-refractivity contribution is 5.56. The van der Waals surface area contributed by atoms with Gasteiger partial charge in [0.25, 0.3) is 0 Å². The van der Waals surface area contributed by atoms with Crippen LogP contribution in [0, 0.1) is 0 Å². The van der Waals surface area contributed by atoms with E-state index >= 15 is 0 Å². The molecule has 210 valence electrons. The van der Waals surface area contributed by atoms with Gasteiger partial charge in [-0.2, -0.15) is 41.3 Å². The fraction of sp³-hybridized carbons (Fsp3) is 0.400. The number of piperazine rings is 1. The number of rotatable bonds is 9. The smallest absolute Gasteiger partial charge is 0.422 e. The highest BCUT2D eigenvalue weighted by Gasteiger charge is 2.31. The molecular formula is C25H27F6N7O. The zero-order chi connectivity index (χ0) is 28.0. The highest BCUT2D eigenvalue weighted by atomic mass is 19.4. The molecule has 4 rings (SSSR count). The summed E-state index contributed by atoms with van der Waals surface area (Å²) in [6.45, 7) is 5.43. The van der Waals surface area contributed by atoms with Crippen molar-refractivity contribution in [1.82, 2.24) is 19.9 Å². The number of anilines is 4. The molecule has 0 aliphatic carbocycles. The summed E-state index contributed by atoms with van der Waals surface area (Å²) in [6.07, 6.45) is -9.22. The highest BCUT2D eigenvalue weighted by Crippen LogP contribution is 2.31. The summed E-state index contributed by atoms with van der Waals surface area (Å²) in [5, 5.41) is 5.52. The Hall–Kier alpha value is -3.81. The van der Waals surface area contributed by atoms with Crippen molar-refractivity contribution < 1.29 is 31.1 Å². The van der Waals surface area contributed by atoms with Gasteiger partial charge in [-0.15, -0.1) is 0 Å². The molecule has 0 atom stereocenters. The SMILES string of the molecule is CCN1CCN(c2cccc(CNc3nc(Nc4cccc(C(F)(F)F)c4)nc(OCC(F)(F)F)n3)c2)CC1. The molecule has 2 heterocycles. The van der Waals surface area contributed by atoms with E-state index in [0.717, 1.165) is 56.1 Å². The summed E-state index contributed by atoms with van der Waals surface area (Å²) in [5.74, 6) is -0.398. The predicted octanol–water partition coefficient (Wildman–Crippen LogP) is 5.33. The lowest BCUT2D eigenvalue weighted by Gasteiger charge is -2.35. The van der Waals surface area contributed by atoms with Gasteiger partial charge in [0.15, 0.2) is 6.61 Å². The van der Waals surface area contributed by atoms with E-state index in [2.05, 4.69) is 47.0 Å². The van der Waals surface area contributed by atoms with Crippen LogP contribution >= 0.6 is 0 Å². The Morgan fingerprint density at radius 1 is 0.872 bits per heavy atom. The molecule has 0 radical (unpaired) electrons. The second kappa shape index (κ2) is 11.9. The molecule has 1 aromatic heterocycles. The van der Waals surface area contributed by atoms with Crippen LogP contribution in [0.3, 0.4) is 0 Å². The molecule has 1 aliphatic rings. The summed E-state index contributed by atoms with van der Waals surface area (Å²) in [4.78, 5) is 16.4. The van der Waals surface area contributed by atoms with Crippen LogP contribution in [0.1, 0.15) is 18.1 Å². The third-order valence-corrected chi connectivity index (χ3v) is 5.97. The molecule has 0 spiro atoms. The number of likely N-dealkylation sites (N-methyl/N-ethyl adjacent to an activating group) is 1. The molecule has 0 bridgehead atoms. The first kappa shape index (κ1) is 28.2. The van der Waals surface area contributed by atoms with Crippen molar-refractivity contribution in [2.75, 3.05) is 54.9 Å². The fourth-order valence-corrected chi connectivity index (χ4v) is 3.97. The average molecular weight is 556 g/mol. The minimum atomic E-state index is -4.64. The molecule has 0 saturated carbocycles. The molecule has 3 aromatic rings. The molecule has 1 saturated heterocycles. The molecule has 0 amide bonds. The van der Waals surface area contributed by atoms with Crippen LogP contribution in [0.2, 0.25) is 0 Å². The molecule has 39 heavy (non-hydrogen) atoms. The van der Waals surface area contributed by atoms with Crippen molar-refractivity contribution in [3.63, 3.8) is 0 Å². The topological polar surface area (TPSA) is 78.4 Å². The first-order valence-electron chi connectivity index (χ1n) is 12.2. The third kappa shape index (κ3) is 8.34. The number of hydrogen-bond donors (Lipinski definition) is 2. The van der Waals surface area contributed by atoms with Gasteiger partial charge in [0.2, 0.25) is 11.9 Å². The molecule has 1 aliphatic heterocycles. The van der Waals surface area contributed by atoms with Crippen LogP contribution in [0.15, 0.2) is 48.5 Å². The summed E-state index contributed by atoms with van der Waals surface area (Å²) in [5.41, 5.74) is 0.988. The number of alkyl halides is 6. The van der Waals surface area contributed by atoms with Crippen LogP contribution in [-0.4, -0.2) is 65.4 Å². The second-order valence-corrected chi connectivity index (χ2v) is 8.82. The van der Waals surface area contributed by atoms with Crippen molar-refractivity contribution >= 4 is 23.3 Å². The van der Waals surface area contributed by atoms with Gasteiger partial charge in [-0.3, -0.25) is 0 Å². The van der Waals surface area contributed by atoms with Crippen LogP contribution in [0.5, 0.6) is 6.01 Å². The Morgan fingerprint density at radius 3 is 2.28 bits per heavy atom. The molecule has 2 N–H and O–H groups in total. The molecule has 14 heteroatoms. The number of ether oxygens (including phenoxy) is 1. The minimum Gasteiger partial charge on any atom is -0.454 e. The van der Waals surface area contributed by atoms with Crippen molar-refractivity contribution in [1.29, 1.82) is 0 Å². The third-order valence-electron chi connectivity index (χ3n) is 5.97. The Bertz CT molecular complexity index is 1250. The average Bonchev–Trinajstić information content (AvgIpc) is 2.90. The largest absolute Gasteiger partial charge is 0.454 e. The van der Waals surface area contributed by atoms with Gasteiger partial charge in [0.1, 0.15) is 0 Å².